The average molecular weight is 350 g/mol. The second-order valence-electron chi connectivity index (χ2n) is 7.78. The van der Waals surface area contributed by atoms with Crippen LogP contribution in [0.4, 0.5) is 0 Å². The molecule has 1 amide bonds. The van der Waals surface area contributed by atoms with Gasteiger partial charge in [0.25, 0.3) is 0 Å². The van der Waals surface area contributed by atoms with Gasteiger partial charge in [0.1, 0.15) is 0 Å². The molecule has 2 aliphatic rings. The molecule has 26 heavy (non-hydrogen) atoms. The van der Waals surface area contributed by atoms with Crippen molar-refractivity contribution in [2.75, 3.05) is 26.2 Å². The Morgan fingerprint density at radius 1 is 1.00 bits per heavy atom. The third-order valence-electron chi connectivity index (χ3n) is 5.74. The molecule has 0 aliphatic carbocycles. The van der Waals surface area contributed by atoms with E-state index in [1.54, 1.807) is 12.4 Å². The molecule has 1 spiro atoms. The SMILES string of the molecule is O=C(Cc1cccnc1)N1CCC[C@@]2(CCN(Cc3cccnc3)C2)C1. The summed E-state index contributed by atoms with van der Waals surface area (Å²) in [6.45, 7) is 4.94. The van der Waals surface area contributed by atoms with Gasteiger partial charge < -0.3 is 4.90 Å². The predicted molar refractivity (Wildman–Crippen MR) is 100 cm³/mol. The number of piperidine rings is 1. The lowest BCUT2D eigenvalue weighted by Gasteiger charge is -2.40. The molecule has 2 fully saturated rings. The number of hydrogen-bond acceptors (Lipinski definition) is 4. The number of likely N-dealkylation sites (tertiary alicyclic amines) is 2. The molecule has 0 N–H and O–H groups in total. The van der Waals surface area contributed by atoms with Crippen molar-refractivity contribution in [3.63, 3.8) is 0 Å². The van der Waals surface area contributed by atoms with E-state index in [9.17, 15) is 4.79 Å². The minimum atomic E-state index is 0.239. The first kappa shape index (κ1) is 17.2. The van der Waals surface area contributed by atoms with E-state index in [0.717, 1.165) is 44.7 Å². The van der Waals surface area contributed by atoms with Crippen molar-refractivity contribution in [2.24, 2.45) is 5.41 Å². The number of amides is 1. The molecule has 2 aliphatic heterocycles. The standard InChI is InChI=1S/C21H26N4O/c26-20(12-18-4-1-8-22-13-18)25-10-3-6-21(17-25)7-11-24(16-21)15-19-5-2-9-23-14-19/h1-2,4-5,8-9,13-14H,3,6-7,10-12,15-17H2/t21-/m0/s1. The molecule has 136 valence electrons. The number of hydrogen-bond donors (Lipinski definition) is 0. The number of carbonyl (C=O) groups excluding carboxylic acids is 1. The van der Waals surface area contributed by atoms with Gasteiger partial charge in [-0.1, -0.05) is 12.1 Å². The predicted octanol–water partition coefficient (Wildman–Crippen LogP) is 2.53. The van der Waals surface area contributed by atoms with Crippen LogP contribution in [0.25, 0.3) is 0 Å². The fourth-order valence-electron chi connectivity index (χ4n) is 4.46. The number of carbonyl (C=O) groups is 1. The number of pyridine rings is 2. The summed E-state index contributed by atoms with van der Waals surface area (Å²) in [6, 6.07) is 8.02. The van der Waals surface area contributed by atoms with E-state index in [-0.39, 0.29) is 11.3 Å². The second kappa shape index (κ2) is 7.54. The Labute approximate surface area is 155 Å². The topological polar surface area (TPSA) is 49.3 Å². The summed E-state index contributed by atoms with van der Waals surface area (Å²) in [6.07, 6.45) is 11.3. The largest absolute Gasteiger partial charge is 0.342 e. The van der Waals surface area contributed by atoms with E-state index in [1.165, 1.54) is 18.4 Å². The minimum absolute atomic E-state index is 0.239. The molecule has 5 heteroatoms. The van der Waals surface area contributed by atoms with Crippen LogP contribution in [0, 0.1) is 5.41 Å². The van der Waals surface area contributed by atoms with Gasteiger partial charge in [0.15, 0.2) is 0 Å². The number of aromatic nitrogens is 2. The smallest absolute Gasteiger partial charge is 0.227 e. The molecule has 2 aromatic heterocycles. The normalized spacial score (nSPS) is 23.5. The van der Waals surface area contributed by atoms with Crippen molar-refractivity contribution in [2.45, 2.75) is 32.2 Å². The maximum absolute atomic E-state index is 12.8. The van der Waals surface area contributed by atoms with Crippen molar-refractivity contribution >= 4 is 5.91 Å². The van der Waals surface area contributed by atoms with Crippen molar-refractivity contribution in [3.8, 4) is 0 Å². The summed E-state index contributed by atoms with van der Waals surface area (Å²) < 4.78 is 0. The molecule has 0 bridgehead atoms. The Hall–Kier alpha value is -2.27. The van der Waals surface area contributed by atoms with E-state index in [0.29, 0.717) is 6.42 Å². The first-order valence-corrected chi connectivity index (χ1v) is 9.50. The van der Waals surface area contributed by atoms with Gasteiger partial charge in [-0.15, -0.1) is 0 Å². The summed E-state index contributed by atoms with van der Waals surface area (Å²) >= 11 is 0. The molecule has 2 aromatic rings. The minimum Gasteiger partial charge on any atom is -0.342 e. The molecule has 4 rings (SSSR count). The highest BCUT2D eigenvalue weighted by Crippen LogP contribution is 2.39. The van der Waals surface area contributed by atoms with Crippen molar-refractivity contribution in [1.82, 2.24) is 19.8 Å². The van der Waals surface area contributed by atoms with Gasteiger partial charge in [-0.3, -0.25) is 19.7 Å². The Morgan fingerprint density at radius 2 is 1.77 bits per heavy atom. The Morgan fingerprint density at radius 3 is 2.50 bits per heavy atom. The third kappa shape index (κ3) is 3.93. The van der Waals surface area contributed by atoms with E-state index in [2.05, 4.69) is 25.8 Å². The van der Waals surface area contributed by atoms with E-state index >= 15 is 0 Å². The average Bonchev–Trinajstić information content (AvgIpc) is 3.05. The van der Waals surface area contributed by atoms with E-state index in [1.807, 2.05) is 30.6 Å². The number of rotatable bonds is 4. The fraction of sp³-hybridized carbons (Fsp3) is 0.476. The molecule has 0 unspecified atom stereocenters. The van der Waals surface area contributed by atoms with Crippen LogP contribution in [0.1, 0.15) is 30.4 Å². The van der Waals surface area contributed by atoms with Crippen LogP contribution in [0.5, 0.6) is 0 Å². The van der Waals surface area contributed by atoms with Crippen LogP contribution >= 0.6 is 0 Å². The van der Waals surface area contributed by atoms with Gasteiger partial charge in [0.2, 0.25) is 5.91 Å². The maximum atomic E-state index is 12.8. The van der Waals surface area contributed by atoms with Gasteiger partial charge in [-0.2, -0.15) is 0 Å². The van der Waals surface area contributed by atoms with E-state index in [4.69, 9.17) is 0 Å². The molecule has 4 heterocycles. The maximum Gasteiger partial charge on any atom is 0.227 e. The molecule has 2 saturated heterocycles. The molecule has 0 radical (unpaired) electrons. The lowest BCUT2D eigenvalue weighted by Crippen LogP contribution is -2.47. The highest BCUT2D eigenvalue weighted by molar-refractivity contribution is 5.78. The summed E-state index contributed by atoms with van der Waals surface area (Å²) in [4.78, 5) is 25.7. The lowest BCUT2D eigenvalue weighted by molar-refractivity contribution is -0.133. The highest BCUT2D eigenvalue weighted by atomic mass is 16.2. The fourth-order valence-corrected chi connectivity index (χ4v) is 4.46. The van der Waals surface area contributed by atoms with Gasteiger partial charge in [-0.25, -0.2) is 0 Å². The Kier molecular flexibility index (Phi) is 4.98. The van der Waals surface area contributed by atoms with Crippen molar-refractivity contribution in [3.05, 3.63) is 60.2 Å². The summed E-state index contributed by atoms with van der Waals surface area (Å²) in [7, 11) is 0. The molecular formula is C21H26N4O. The molecular weight excluding hydrogens is 324 g/mol. The van der Waals surface area contributed by atoms with Crippen molar-refractivity contribution < 1.29 is 4.79 Å². The highest BCUT2D eigenvalue weighted by Gasteiger charge is 2.42. The van der Waals surface area contributed by atoms with Crippen LogP contribution in [0.3, 0.4) is 0 Å². The first-order valence-electron chi connectivity index (χ1n) is 9.50. The third-order valence-corrected chi connectivity index (χ3v) is 5.74. The van der Waals surface area contributed by atoms with Crippen molar-refractivity contribution in [1.29, 1.82) is 0 Å². The second-order valence-corrected chi connectivity index (χ2v) is 7.78. The van der Waals surface area contributed by atoms with Crippen LogP contribution < -0.4 is 0 Å². The van der Waals surface area contributed by atoms with E-state index < -0.39 is 0 Å². The zero-order chi connectivity index (χ0) is 17.8. The van der Waals surface area contributed by atoms with Crippen LogP contribution in [-0.4, -0.2) is 51.9 Å². The summed E-state index contributed by atoms with van der Waals surface area (Å²) in [5.74, 6) is 0.239. The number of nitrogens with zero attached hydrogens (tertiary/aromatic N) is 4. The Balaban J connectivity index is 1.36. The monoisotopic (exact) mass is 350 g/mol. The summed E-state index contributed by atoms with van der Waals surface area (Å²) in [5.41, 5.74) is 2.54. The Bertz CT molecular complexity index is 736. The van der Waals surface area contributed by atoms with Gasteiger partial charge in [0, 0.05) is 56.4 Å². The first-order chi connectivity index (χ1) is 12.7. The van der Waals surface area contributed by atoms with Crippen LogP contribution in [0.15, 0.2) is 49.1 Å². The molecule has 5 nitrogen and oxygen atoms in total. The van der Waals surface area contributed by atoms with Crippen LogP contribution in [-0.2, 0) is 17.8 Å². The lowest BCUT2D eigenvalue weighted by atomic mass is 9.79. The quantitative estimate of drug-likeness (QED) is 0.850. The zero-order valence-corrected chi connectivity index (χ0v) is 15.2. The van der Waals surface area contributed by atoms with Gasteiger partial charge in [-0.05, 0) is 49.1 Å². The van der Waals surface area contributed by atoms with Gasteiger partial charge >= 0.3 is 0 Å². The van der Waals surface area contributed by atoms with Gasteiger partial charge in [0.05, 0.1) is 6.42 Å². The molecule has 0 aromatic carbocycles. The molecule has 0 saturated carbocycles. The zero-order valence-electron chi connectivity index (χ0n) is 15.2. The summed E-state index contributed by atoms with van der Waals surface area (Å²) in [5, 5.41) is 0. The van der Waals surface area contributed by atoms with Crippen LogP contribution in [0.2, 0.25) is 0 Å². The molecule has 1 atom stereocenters.